The molecule has 0 radical (unpaired) electrons. The molecule has 0 aromatic heterocycles. The lowest BCUT2D eigenvalue weighted by molar-refractivity contribution is 0.299. The number of aliphatic hydroxyl groups excluding tert-OH is 1. The van der Waals surface area contributed by atoms with Crippen LogP contribution in [-0.4, -0.2) is 23.1 Å². The molecule has 0 fully saturated rings. The molecule has 2 aromatic rings. The molecular formula is C17H19N3OS. The Bertz CT molecular complexity index is 624. The van der Waals surface area contributed by atoms with Crippen molar-refractivity contribution in [3.63, 3.8) is 0 Å². The lowest BCUT2D eigenvalue weighted by atomic mass is 10.1. The second-order valence-corrected chi connectivity index (χ2v) is 5.67. The van der Waals surface area contributed by atoms with Gasteiger partial charge in [-0.25, -0.2) is 0 Å². The van der Waals surface area contributed by atoms with E-state index in [1.807, 2.05) is 42.5 Å². The third-order valence-corrected chi connectivity index (χ3v) is 3.83. The highest BCUT2D eigenvalue weighted by Gasteiger charge is 1.96. The average molecular weight is 313 g/mol. The van der Waals surface area contributed by atoms with Crippen LogP contribution in [0.25, 0.3) is 0 Å². The molecule has 0 aliphatic carbocycles. The van der Waals surface area contributed by atoms with Gasteiger partial charge in [-0.2, -0.15) is 5.10 Å². The number of hydrogen-bond donors (Lipinski definition) is 2. The Morgan fingerprint density at radius 1 is 1.05 bits per heavy atom. The van der Waals surface area contributed by atoms with Gasteiger partial charge < -0.3 is 10.8 Å². The van der Waals surface area contributed by atoms with Crippen molar-refractivity contribution in [1.82, 2.24) is 0 Å². The van der Waals surface area contributed by atoms with Gasteiger partial charge >= 0.3 is 0 Å². The molecule has 0 unspecified atom stereocenters. The highest BCUT2D eigenvalue weighted by Crippen LogP contribution is 2.11. The number of nitrogens with zero attached hydrogens (tertiary/aromatic N) is 2. The van der Waals surface area contributed by atoms with Crippen LogP contribution in [0, 0.1) is 0 Å². The topological polar surface area (TPSA) is 71.0 Å². The summed E-state index contributed by atoms with van der Waals surface area (Å²) >= 11 is 1.46. The van der Waals surface area contributed by atoms with Gasteiger partial charge in [-0.05, 0) is 23.1 Å². The summed E-state index contributed by atoms with van der Waals surface area (Å²) in [6.45, 7) is 0.160. The van der Waals surface area contributed by atoms with E-state index in [1.54, 1.807) is 6.21 Å². The van der Waals surface area contributed by atoms with Crippen LogP contribution in [-0.2, 0) is 12.2 Å². The van der Waals surface area contributed by atoms with Gasteiger partial charge in [0.1, 0.15) is 0 Å². The van der Waals surface area contributed by atoms with E-state index in [0.717, 1.165) is 16.9 Å². The number of thioether (sulfide) groups is 1. The zero-order valence-electron chi connectivity index (χ0n) is 12.2. The lowest BCUT2D eigenvalue weighted by Gasteiger charge is -1.99. The SMILES string of the molecule is NC(=NN=Cc1ccc(CCO)cc1)SCc1ccccc1. The number of nitrogens with two attached hydrogens (primary N) is 1. The van der Waals surface area contributed by atoms with E-state index in [-0.39, 0.29) is 6.61 Å². The van der Waals surface area contributed by atoms with Crippen LogP contribution in [0.1, 0.15) is 16.7 Å². The molecule has 0 atom stereocenters. The Morgan fingerprint density at radius 3 is 2.45 bits per heavy atom. The number of aliphatic hydroxyl groups is 1. The Kier molecular flexibility index (Phi) is 6.67. The van der Waals surface area contributed by atoms with Crippen molar-refractivity contribution in [2.75, 3.05) is 6.61 Å². The maximum absolute atomic E-state index is 8.86. The summed E-state index contributed by atoms with van der Waals surface area (Å²) in [6, 6.07) is 17.9. The predicted molar refractivity (Wildman–Crippen MR) is 94.2 cm³/mol. The third-order valence-electron chi connectivity index (χ3n) is 2.97. The van der Waals surface area contributed by atoms with E-state index >= 15 is 0 Å². The van der Waals surface area contributed by atoms with Crippen molar-refractivity contribution in [3.05, 3.63) is 71.3 Å². The second-order valence-electron chi connectivity index (χ2n) is 4.67. The molecule has 2 rings (SSSR count). The van der Waals surface area contributed by atoms with Crippen LogP contribution in [0.4, 0.5) is 0 Å². The first kappa shape index (κ1) is 16.3. The van der Waals surface area contributed by atoms with Gasteiger partial charge in [-0.1, -0.05) is 66.4 Å². The first-order chi connectivity index (χ1) is 10.8. The molecule has 0 aliphatic heterocycles. The summed E-state index contributed by atoms with van der Waals surface area (Å²) in [7, 11) is 0. The smallest absolute Gasteiger partial charge is 0.180 e. The molecular weight excluding hydrogens is 294 g/mol. The summed E-state index contributed by atoms with van der Waals surface area (Å²) in [5.74, 6) is 0.779. The van der Waals surface area contributed by atoms with Crippen LogP contribution < -0.4 is 5.73 Å². The van der Waals surface area contributed by atoms with Crippen LogP contribution in [0.5, 0.6) is 0 Å². The molecule has 0 saturated carbocycles. The van der Waals surface area contributed by atoms with E-state index in [0.29, 0.717) is 11.6 Å². The molecule has 4 nitrogen and oxygen atoms in total. The third kappa shape index (κ3) is 5.71. The molecule has 0 saturated heterocycles. The summed E-state index contributed by atoms with van der Waals surface area (Å²) in [5, 5.41) is 17.3. The number of rotatable bonds is 6. The summed E-state index contributed by atoms with van der Waals surface area (Å²) in [6.07, 6.45) is 2.33. The lowest BCUT2D eigenvalue weighted by Crippen LogP contribution is -2.05. The molecule has 3 N–H and O–H groups in total. The first-order valence-corrected chi connectivity index (χ1v) is 7.99. The van der Waals surface area contributed by atoms with Crippen LogP contribution in [0.3, 0.4) is 0 Å². The predicted octanol–water partition coefficient (Wildman–Crippen LogP) is 2.80. The normalized spacial score (nSPS) is 12.0. The van der Waals surface area contributed by atoms with Gasteiger partial charge in [0.2, 0.25) is 0 Å². The van der Waals surface area contributed by atoms with Crippen molar-refractivity contribution in [2.45, 2.75) is 12.2 Å². The molecule has 0 amide bonds. The second kappa shape index (κ2) is 9.02. The fourth-order valence-electron chi connectivity index (χ4n) is 1.81. The Labute approximate surface area is 134 Å². The van der Waals surface area contributed by atoms with E-state index in [4.69, 9.17) is 10.8 Å². The molecule has 114 valence electrons. The van der Waals surface area contributed by atoms with Crippen molar-refractivity contribution >= 4 is 23.1 Å². The van der Waals surface area contributed by atoms with Crippen LogP contribution in [0.15, 0.2) is 64.8 Å². The first-order valence-electron chi connectivity index (χ1n) is 7.01. The molecule has 5 heteroatoms. The quantitative estimate of drug-likeness (QED) is 0.489. The molecule has 22 heavy (non-hydrogen) atoms. The fraction of sp³-hybridized carbons (Fsp3) is 0.176. The van der Waals surface area contributed by atoms with E-state index in [9.17, 15) is 0 Å². The minimum Gasteiger partial charge on any atom is -0.396 e. The van der Waals surface area contributed by atoms with E-state index in [2.05, 4.69) is 22.3 Å². The van der Waals surface area contributed by atoms with Gasteiger partial charge in [0.15, 0.2) is 5.17 Å². The minimum absolute atomic E-state index is 0.160. The van der Waals surface area contributed by atoms with Crippen molar-refractivity contribution in [3.8, 4) is 0 Å². The highest BCUT2D eigenvalue weighted by atomic mass is 32.2. The number of benzene rings is 2. The zero-order chi connectivity index (χ0) is 15.6. The van der Waals surface area contributed by atoms with Gasteiger partial charge in [0.05, 0.1) is 6.21 Å². The van der Waals surface area contributed by atoms with E-state index in [1.165, 1.54) is 17.3 Å². The zero-order valence-corrected chi connectivity index (χ0v) is 13.0. The monoisotopic (exact) mass is 313 g/mol. The van der Waals surface area contributed by atoms with Crippen molar-refractivity contribution < 1.29 is 5.11 Å². The molecule has 0 bridgehead atoms. The molecule has 0 aliphatic rings. The molecule has 0 heterocycles. The fourth-order valence-corrected chi connectivity index (χ4v) is 2.42. The maximum Gasteiger partial charge on any atom is 0.180 e. The molecule has 0 spiro atoms. The highest BCUT2D eigenvalue weighted by molar-refractivity contribution is 8.13. The maximum atomic E-state index is 8.86. The number of hydrogen-bond acceptors (Lipinski definition) is 4. The van der Waals surface area contributed by atoms with E-state index < -0.39 is 0 Å². The van der Waals surface area contributed by atoms with Gasteiger partial charge in [-0.3, -0.25) is 0 Å². The average Bonchev–Trinajstić information content (AvgIpc) is 2.56. The Hall–Kier alpha value is -2.11. The van der Waals surface area contributed by atoms with Gasteiger partial charge in [0, 0.05) is 12.4 Å². The largest absolute Gasteiger partial charge is 0.396 e. The van der Waals surface area contributed by atoms with Gasteiger partial charge in [0.25, 0.3) is 0 Å². The summed E-state index contributed by atoms with van der Waals surface area (Å²) in [4.78, 5) is 0. The standard InChI is InChI=1S/C17H19N3OS/c18-17(22-13-16-4-2-1-3-5-16)20-19-12-15-8-6-14(7-9-15)10-11-21/h1-9,12,21H,10-11,13H2,(H2,18,20). The Morgan fingerprint density at radius 2 is 1.77 bits per heavy atom. The summed E-state index contributed by atoms with van der Waals surface area (Å²) in [5.41, 5.74) is 9.07. The number of amidine groups is 1. The Balaban J connectivity index is 1.84. The molecule has 2 aromatic carbocycles. The van der Waals surface area contributed by atoms with Crippen LogP contribution in [0.2, 0.25) is 0 Å². The van der Waals surface area contributed by atoms with Crippen molar-refractivity contribution in [2.24, 2.45) is 15.9 Å². The van der Waals surface area contributed by atoms with Crippen molar-refractivity contribution in [1.29, 1.82) is 0 Å². The minimum atomic E-state index is 0.160. The summed E-state index contributed by atoms with van der Waals surface area (Å²) < 4.78 is 0. The van der Waals surface area contributed by atoms with Gasteiger partial charge in [-0.15, -0.1) is 5.10 Å². The van der Waals surface area contributed by atoms with Crippen LogP contribution >= 0.6 is 11.8 Å².